The third-order valence-electron chi connectivity index (χ3n) is 4.93. The molecule has 29 heavy (non-hydrogen) atoms. The minimum absolute atomic E-state index is 0.185. The summed E-state index contributed by atoms with van der Waals surface area (Å²) in [6.07, 6.45) is 6.86. The molecule has 5 aromatic rings. The van der Waals surface area contributed by atoms with E-state index in [4.69, 9.17) is 0 Å². The summed E-state index contributed by atoms with van der Waals surface area (Å²) in [4.78, 5) is 34.7. The lowest BCUT2D eigenvalue weighted by Crippen LogP contribution is -2.22. The highest BCUT2D eigenvalue weighted by Crippen LogP contribution is 2.16. The molecular formula is C23H16N4O2. The lowest BCUT2D eigenvalue weighted by atomic mass is 10.1. The van der Waals surface area contributed by atoms with Gasteiger partial charge in [-0.25, -0.2) is 4.98 Å². The second-order valence-corrected chi connectivity index (χ2v) is 6.79. The normalized spacial score (nSPS) is 11.2. The Morgan fingerprint density at radius 1 is 0.793 bits per heavy atom. The van der Waals surface area contributed by atoms with E-state index in [9.17, 15) is 9.59 Å². The van der Waals surface area contributed by atoms with Crippen LogP contribution >= 0.6 is 0 Å². The average molecular weight is 380 g/mol. The van der Waals surface area contributed by atoms with Crippen molar-refractivity contribution in [2.45, 2.75) is 6.54 Å². The summed E-state index contributed by atoms with van der Waals surface area (Å²) in [5.74, 6) is 0. The first-order valence-electron chi connectivity index (χ1n) is 9.20. The van der Waals surface area contributed by atoms with Crippen molar-refractivity contribution in [1.82, 2.24) is 19.1 Å². The van der Waals surface area contributed by atoms with Crippen LogP contribution in [0.5, 0.6) is 0 Å². The fraction of sp³-hybridized carbons (Fsp3) is 0.0435. The molecular weight excluding hydrogens is 364 g/mol. The van der Waals surface area contributed by atoms with E-state index in [-0.39, 0.29) is 11.1 Å². The van der Waals surface area contributed by atoms with Crippen LogP contribution in [0.25, 0.3) is 27.5 Å². The molecule has 0 spiro atoms. The predicted molar refractivity (Wildman–Crippen MR) is 112 cm³/mol. The molecule has 0 fully saturated rings. The lowest BCUT2D eigenvalue weighted by molar-refractivity contribution is 0.764. The fourth-order valence-electron chi connectivity index (χ4n) is 3.47. The van der Waals surface area contributed by atoms with Crippen LogP contribution in [-0.2, 0) is 6.54 Å². The highest BCUT2D eigenvalue weighted by Gasteiger charge is 2.11. The number of benzene rings is 1. The van der Waals surface area contributed by atoms with Crippen LogP contribution in [0.2, 0.25) is 0 Å². The Hall–Kier alpha value is -4.06. The molecule has 0 atom stereocenters. The SMILES string of the molecule is O=c1c2cc3c(=O)n(-c4ccccc4)ccc3nc2ccn1Cc1cccnc1. The maximum absolute atomic E-state index is 13.1. The molecule has 0 aliphatic carbocycles. The molecule has 0 saturated carbocycles. The molecule has 0 saturated heterocycles. The topological polar surface area (TPSA) is 69.8 Å². The van der Waals surface area contributed by atoms with Gasteiger partial charge in [0.25, 0.3) is 11.1 Å². The molecule has 0 aliphatic heterocycles. The maximum Gasteiger partial charge on any atom is 0.264 e. The van der Waals surface area contributed by atoms with Crippen molar-refractivity contribution in [2.24, 2.45) is 0 Å². The number of hydrogen-bond donors (Lipinski definition) is 0. The Kier molecular flexibility index (Phi) is 4.02. The monoisotopic (exact) mass is 380 g/mol. The molecule has 6 heteroatoms. The van der Waals surface area contributed by atoms with Crippen LogP contribution < -0.4 is 11.1 Å². The van der Waals surface area contributed by atoms with Crippen LogP contribution in [0.3, 0.4) is 0 Å². The largest absolute Gasteiger partial charge is 0.310 e. The standard InChI is InChI=1S/C23H16N4O2/c28-22-18-13-19-21(9-12-27(23(19)29)17-6-2-1-3-7-17)25-20(18)8-11-26(22)15-16-5-4-10-24-14-16/h1-14H,15H2. The van der Waals surface area contributed by atoms with E-state index in [0.717, 1.165) is 11.3 Å². The minimum atomic E-state index is -0.204. The van der Waals surface area contributed by atoms with Gasteiger partial charge in [0.2, 0.25) is 0 Å². The van der Waals surface area contributed by atoms with Crippen LogP contribution in [0, 0.1) is 0 Å². The third kappa shape index (κ3) is 3.00. The van der Waals surface area contributed by atoms with Gasteiger partial charge < -0.3 is 4.57 Å². The zero-order chi connectivity index (χ0) is 19.8. The van der Waals surface area contributed by atoms with Crippen molar-refractivity contribution in [2.75, 3.05) is 0 Å². The van der Waals surface area contributed by atoms with Crippen molar-refractivity contribution in [3.05, 3.63) is 112 Å². The Labute approximate surface area is 165 Å². The Balaban J connectivity index is 1.70. The number of fused-ring (bicyclic) bond motifs is 2. The van der Waals surface area contributed by atoms with Crippen LogP contribution in [0.15, 0.2) is 95.0 Å². The Morgan fingerprint density at radius 3 is 2.31 bits per heavy atom. The summed E-state index contributed by atoms with van der Waals surface area (Å²) in [6, 6.07) is 18.4. The molecule has 5 rings (SSSR count). The van der Waals surface area contributed by atoms with Crippen molar-refractivity contribution < 1.29 is 0 Å². The molecule has 0 N–H and O–H groups in total. The maximum atomic E-state index is 13.1. The first-order valence-corrected chi connectivity index (χ1v) is 9.20. The molecule has 1 aromatic carbocycles. The number of hydrogen-bond acceptors (Lipinski definition) is 4. The first-order chi connectivity index (χ1) is 14.2. The van der Waals surface area contributed by atoms with E-state index in [1.165, 1.54) is 0 Å². The summed E-state index contributed by atoms with van der Waals surface area (Å²) >= 11 is 0. The molecule has 0 amide bonds. The van der Waals surface area contributed by atoms with Crippen molar-refractivity contribution in [3.8, 4) is 5.69 Å². The summed E-state index contributed by atoms with van der Waals surface area (Å²) < 4.78 is 3.17. The van der Waals surface area contributed by atoms with Gasteiger partial charge in [-0.1, -0.05) is 24.3 Å². The highest BCUT2D eigenvalue weighted by atomic mass is 16.1. The zero-order valence-corrected chi connectivity index (χ0v) is 15.4. The Morgan fingerprint density at radius 2 is 1.55 bits per heavy atom. The van der Waals surface area contributed by atoms with E-state index >= 15 is 0 Å². The quantitative estimate of drug-likeness (QED) is 0.451. The molecule has 4 aromatic heterocycles. The van der Waals surface area contributed by atoms with Crippen LogP contribution in [0.1, 0.15) is 5.56 Å². The summed E-state index contributed by atoms with van der Waals surface area (Å²) in [5.41, 5.74) is 2.44. The predicted octanol–water partition coefficient (Wildman–Crippen LogP) is 3.14. The van der Waals surface area contributed by atoms with Gasteiger partial charge in [0, 0.05) is 30.5 Å². The second kappa shape index (κ2) is 6.83. The first kappa shape index (κ1) is 17.1. The number of rotatable bonds is 3. The van der Waals surface area contributed by atoms with Crippen molar-refractivity contribution in [1.29, 1.82) is 0 Å². The summed E-state index contributed by atoms with van der Waals surface area (Å²) in [6.45, 7) is 0.406. The average Bonchev–Trinajstić information content (AvgIpc) is 2.77. The third-order valence-corrected chi connectivity index (χ3v) is 4.93. The minimum Gasteiger partial charge on any atom is -0.310 e. The number of nitrogens with zero attached hydrogens (tertiary/aromatic N) is 4. The van der Waals surface area contributed by atoms with Gasteiger partial charge in [-0.05, 0) is 42.0 Å². The van der Waals surface area contributed by atoms with Gasteiger partial charge in [0.15, 0.2) is 0 Å². The molecule has 4 heterocycles. The van der Waals surface area contributed by atoms with Gasteiger partial charge in [0.1, 0.15) is 0 Å². The number of para-hydroxylation sites is 1. The highest BCUT2D eigenvalue weighted by molar-refractivity contribution is 5.91. The van der Waals surface area contributed by atoms with Gasteiger partial charge in [-0.3, -0.25) is 19.1 Å². The van der Waals surface area contributed by atoms with E-state index in [1.807, 2.05) is 42.5 Å². The summed E-state index contributed by atoms with van der Waals surface area (Å²) in [7, 11) is 0. The second-order valence-electron chi connectivity index (χ2n) is 6.79. The van der Waals surface area contributed by atoms with Crippen molar-refractivity contribution in [3.63, 3.8) is 0 Å². The van der Waals surface area contributed by atoms with E-state index in [1.54, 1.807) is 52.1 Å². The number of aromatic nitrogens is 4. The fourth-order valence-corrected chi connectivity index (χ4v) is 3.47. The van der Waals surface area contributed by atoms with Gasteiger partial charge in [-0.15, -0.1) is 0 Å². The Bertz CT molecular complexity index is 1460. The molecule has 0 radical (unpaired) electrons. The van der Waals surface area contributed by atoms with Gasteiger partial charge in [0.05, 0.1) is 28.4 Å². The smallest absolute Gasteiger partial charge is 0.264 e. The number of pyridine rings is 4. The van der Waals surface area contributed by atoms with E-state index in [2.05, 4.69) is 9.97 Å². The molecule has 0 bridgehead atoms. The van der Waals surface area contributed by atoms with Crippen molar-refractivity contribution >= 4 is 21.8 Å². The molecule has 6 nitrogen and oxygen atoms in total. The van der Waals surface area contributed by atoms with E-state index in [0.29, 0.717) is 28.4 Å². The molecule has 0 aliphatic rings. The van der Waals surface area contributed by atoms with Crippen LogP contribution in [0.4, 0.5) is 0 Å². The lowest BCUT2D eigenvalue weighted by Gasteiger charge is -2.09. The van der Waals surface area contributed by atoms with Crippen LogP contribution in [-0.4, -0.2) is 19.1 Å². The molecule has 140 valence electrons. The zero-order valence-electron chi connectivity index (χ0n) is 15.4. The van der Waals surface area contributed by atoms with E-state index < -0.39 is 0 Å². The molecule has 0 unspecified atom stereocenters. The van der Waals surface area contributed by atoms with Gasteiger partial charge >= 0.3 is 0 Å². The van der Waals surface area contributed by atoms with Gasteiger partial charge in [-0.2, -0.15) is 0 Å². The summed E-state index contributed by atoms with van der Waals surface area (Å²) in [5, 5.41) is 0.840.